The van der Waals surface area contributed by atoms with Crippen molar-refractivity contribution in [2.24, 2.45) is 11.8 Å². The van der Waals surface area contributed by atoms with Crippen LogP contribution < -0.4 is 5.32 Å². The van der Waals surface area contributed by atoms with Crippen molar-refractivity contribution in [3.05, 3.63) is 28.7 Å². The van der Waals surface area contributed by atoms with Gasteiger partial charge in [0.2, 0.25) is 5.91 Å². The van der Waals surface area contributed by atoms with E-state index >= 15 is 0 Å². The van der Waals surface area contributed by atoms with Gasteiger partial charge in [-0.15, -0.1) is 12.4 Å². The van der Waals surface area contributed by atoms with Crippen molar-refractivity contribution in [1.82, 2.24) is 4.90 Å². The number of anilines is 1. The first kappa shape index (κ1) is 18.5. The largest absolute Gasteiger partial charge is 0.326 e. The Hall–Kier alpha value is -0.580. The van der Waals surface area contributed by atoms with Gasteiger partial charge in [-0.05, 0) is 42.5 Å². The maximum absolute atomic E-state index is 12.0. The van der Waals surface area contributed by atoms with E-state index in [0.717, 1.165) is 41.6 Å². The van der Waals surface area contributed by atoms with Gasteiger partial charge in [-0.3, -0.25) is 4.79 Å². The summed E-state index contributed by atoms with van der Waals surface area (Å²) in [5.74, 6) is 1.58. The van der Waals surface area contributed by atoms with Crippen LogP contribution in [0, 0.1) is 11.8 Å². The first-order valence-electron chi connectivity index (χ1n) is 7.30. The van der Waals surface area contributed by atoms with Gasteiger partial charge in [0.1, 0.15) is 0 Å². The van der Waals surface area contributed by atoms with E-state index in [4.69, 9.17) is 0 Å². The molecule has 1 aliphatic rings. The quantitative estimate of drug-likeness (QED) is 0.856. The van der Waals surface area contributed by atoms with Gasteiger partial charge in [-0.2, -0.15) is 0 Å². The number of halogens is 2. The van der Waals surface area contributed by atoms with Crippen LogP contribution in [0.15, 0.2) is 28.7 Å². The monoisotopic (exact) mass is 374 g/mol. The molecule has 1 amide bonds. The lowest BCUT2D eigenvalue weighted by atomic mass is 9.92. The van der Waals surface area contributed by atoms with Gasteiger partial charge in [0, 0.05) is 36.2 Å². The zero-order valence-electron chi connectivity index (χ0n) is 12.6. The Labute approximate surface area is 142 Å². The zero-order chi connectivity index (χ0) is 14.5. The number of hydrogen-bond donors (Lipinski definition) is 1. The van der Waals surface area contributed by atoms with Crippen LogP contribution in [0.5, 0.6) is 0 Å². The molecule has 2 atom stereocenters. The van der Waals surface area contributed by atoms with Crippen LogP contribution in [0.4, 0.5) is 5.69 Å². The van der Waals surface area contributed by atoms with Crippen LogP contribution in [-0.2, 0) is 4.79 Å². The number of carbonyl (C=O) groups is 1. The average Bonchev–Trinajstić information content (AvgIpc) is 2.38. The number of nitrogens with one attached hydrogen (secondary N) is 1. The second-order valence-electron chi connectivity index (χ2n) is 6.01. The topological polar surface area (TPSA) is 32.3 Å². The molecule has 1 heterocycles. The summed E-state index contributed by atoms with van der Waals surface area (Å²) in [6.07, 6.45) is 1.87. The van der Waals surface area contributed by atoms with Crippen molar-refractivity contribution in [3.8, 4) is 0 Å². The molecule has 2 rings (SSSR count). The fraction of sp³-hybridized carbons (Fsp3) is 0.562. The fourth-order valence-electron chi connectivity index (χ4n) is 2.99. The Bertz CT molecular complexity index is 442. The molecule has 0 bridgehead atoms. The van der Waals surface area contributed by atoms with Crippen LogP contribution in [-0.4, -0.2) is 30.4 Å². The molecule has 3 nitrogen and oxygen atoms in total. The lowest BCUT2D eigenvalue weighted by Gasteiger charge is -2.34. The average molecular weight is 376 g/mol. The minimum absolute atomic E-state index is 0. The van der Waals surface area contributed by atoms with Crippen molar-refractivity contribution >= 4 is 39.9 Å². The summed E-state index contributed by atoms with van der Waals surface area (Å²) in [5, 5.41) is 2.94. The van der Waals surface area contributed by atoms with Crippen LogP contribution in [0.3, 0.4) is 0 Å². The molecule has 0 radical (unpaired) electrons. The van der Waals surface area contributed by atoms with Crippen molar-refractivity contribution in [3.63, 3.8) is 0 Å². The SMILES string of the molecule is C[C@@H]1C[C@H](C)CN(CCC(=O)Nc2ccc(Br)cc2)C1.Cl. The van der Waals surface area contributed by atoms with Crippen LogP contribution in [0.2, 0.25) is 0 Å². The van der Waals surface area contributed by atoms with E-state index in [2.05, 4.69) is 40.0 Å². The maximum Gasteiger partial charge on any atom is 0.225 e. The molecule has 1 aromatic carbocycles. The minimum Gasteiger partial charge on any atom is -0.326 e. The third-order valence-electron chi connectivity index (χ3n) is 3.73. The number of benzene rings is 1. The zero-order valence-corrected chi connectivity index (χ0v) is 15.0. The highest BCUT2D eigenvalue weighted by Gasteiger charge is 2.21. The molecule has 118 valence electrons. The van der Waals surface area contributed by atoms with E-state index in [1.165, 1.54) is 6.42 Å². The molecule has 0 unspecified atom stereocenters. The second-order valence-corrected chi connectivity index (χ2v) is 6.93. The number of piperidine rings is 1. The lowest BCUT2D eigenvalue weighted by molar-refractivity contribution is -0.116. The molecule has 0 aliphatic carbocycles. The smallest absolute Gasteiger partial charge is 0.225 e. The van der Waals surface area contributed by atoms with Crippen molar-refractivity contribution in [1.29, 1.82) is 0 Å². The van der Waals surface area contributed by atoms with Crippen molar-refractivity contribution in [2.45, 2.75) is 26.7 Å². The van der Waals surface area contributed by atoms with Crippen molar-refractivity contribution < 1.29 is 4.79 Å². The number of rotatable bonds is 4. The number of hydrogen-bond acceptors (Lipinski definition) is 2. The Morgan fingerprint density at radius 3 is 2.38 bits per heavy atom. The summed E-state index contributed by atoms with van der Waals surface area (Å²) < 4.78 is 1.02. The molecule has 1 saturated heterocycles. The van der Waals surface area contributed by atoms with Gasteiger partial charge in [0.05, 0.1) is 0 Å². The molecule has 0 saturated carbocycles. The molecular formula is C16H24BrClN2O. The van der Waals surface area contributed by atoms with E-state index in [-0.39, 0.29) is 18.3 Å². The van der Waals surface area contributed by atoms with Gasteiger partial charge in [-0.1, -0.05) is 29.8 Å². The third kappa shape index (κ3) is 6.37. The lowest BCUT2D eigenvalue weighted by Crippen LogP contribution is -2.40. The maximum atomic E-state index is 12.0. The number of likely N-dealkylation sites (tertiary alicyclic amines) is 1. The first-order valence-corrected chi connectivity index (χ1v) is 8.10. The third-order valence-corrected chi connectivity index (χ3v) is 4.26. The molecule has 1 N–H and O–H groups in total. The summed E-state index contributed by atoms with van der Waals surface area (Å²) in [6, 6.07) is 7.69. The predicted molar refractivity (Wildman–Crippen MR) is 94.0 cm³/mol. The Morgan fingerprint density at radius 2 is 1.81 bits per heavy atom. The predicted octanol–water partition coefficient (Wildman–Crippen LogP) is 4.18. The van der Waals surface area contributed by atoms with Crippen LogP contribution in [0.25, 0.3) is 0 Å². The molecule has 5 heteroatoms. The highest BCUT2D eigenvalue weighted by molar-refractivity contribution is 9.10. The summed E-state index contributed by atoms with van der Waals surface area (Å²) in [7, 11) is 0. The van der Waals surface area contributed by atoms with E-state index in [1.54, 1.807) is 0 Å². The summed E-state index contributed by atoms with van der Waals surface area (Å²) in [6.45, 7) is 7.69. The van der Waals surface area contributed by atoms with Crippen molar-refractivity contribution in [2.75, 3.05) is 25.0 Å². The second kappa shape index (κ2) is 8.76. The molecule has 0 spiro atoms. The fourth-order valence-corrected chi connectivity index (χ4v) is 3.26. The molecule has 0 aromatic heterocycles. The minimum atomic E-state index is 0. The van der Waals surface area contributed by atoms with Gasteiger partial charge >= 0.3 is 0 Å². The first-order chi connectivity index (χ1) is 9.52. The Kier molecular flexibility index (Phi) is 7.71. The molecule has 21 heavy (non-hydrogen) atoms. The highest BCUT2D eigenvalue weighted by atomic mass is 79.9. The number of amides is 1. The number of carbonyl (C=O) groups excluding carboxylic acids is 1. The van der Waals surface area contributed by atoms with E-state index in [0.29, 0.717) is 6.42 Å². The standard InChI is InChI=1S/C16H23BrN2O.ClH/c1-12-9-13(2)11-19(10-12)8-7-16(20)18-15-5-3-14(17)4-6-15;/h3-6,12-13H,7-11H2,1-2H3,(H,18,20);1H/t12-,13+;. The molecular weight excluding hydrogens is 352 g/mol. The van der Waals surface area contributed by atoms with Gasteiger partial charge in [-0.25, -0.2) is 0 Å². The summed E-state index contributed by atoms with van der Waals surface area (Å²) in [5.41, 5.74) is 0.860. The van der Waals surface area contributed by atoms with E-state index in [9.17, 15) is 4.79 Å². The molecule has 1 fully saturated rings. The van der Waals surface area contributed by atoms with Crippen LogP contribution >= 0.6 is 28.3 Å². The van der Waals surface area contributed by atoms with Crippen LogP contribution in [0.1, 0.15) is 26.7 Å². The van der Waals surface area contributed by atoms with Gasteiger partial charge < -0.3 is 10.2 Å². The normalized spacial score (nSPS) is 22.4. The highest BCUT2D eigenvalue weighted by Crippen LogP contribution is 2.21. The number of nitrogens with zero attached hydrogens (tertiary/aromatic N) is 1. The molecule has 1 aliphatic heterocycles. The van der Waals surface area contributed by atoms with E-state index in [1.807, 2.05) is 24.3 Å². The van der Waals surface area contributed by atoms with Gasteiger partial charge in [0.25, 0.3) is 0 Å². The Morgan fingerprint density at radius 1 is 1.24 bits per heavy atom. The molecule has 1 aromatic rings. The Balaban J connectivity index is 0.00000220. The summed E-state index contributed by atoms with van der Waals surface area (Å²) >= 11 is 3.39. The summed E-state index contributed by atoms with van der Waals surface area (Å²) in [4.78, 5) is 14.4. The van der Waals surface area contributed by atoms with E-state index < -0.39 is 0 Å². The van der Waals surface area contributed by atoms with Gasteiger partial charge in [0.15, 0.2) is 0 Å².